The monoisotopic (exact) mass is 163 g/mol. The van der Waals surface area contributed by atoms with E-state index in [2.05, 4.69) is 23.6 Å². The molecule has 0 amide bonds. The molecule has 1 rings (SSSR count). The molecule has 0 N–H and O–H groups in total. The quantitative estimate of drug-likeness (QED) is 0.640. The van der Waals surface area contributed by atoms with Crippen LogP contribution in [0.15, 0.2) is 29.9 Å². The van der Waals surface area contributed by atoms with E-state index < -0.39 is 0 Å². The first-order valence-electron chi connectivity index (χ1n) is 3.96. The Kier molecular flexibility index (Phi) is 2.80. The van der Waals surface area contributed by atoms with Gasteiger partial charge >= 0.3 is 0 Å². The first-order chi connectivity index (χ1) is 5.77. The molecule has 3 nitrogen and oxygen atoms in total. The molecule has 0 bridgehead atoms. The third-order valence-electron chi connectivity index (χ3n) is 1.62. The van der Waals surface area contributed by atoms with Crippen LogP contribution in [0.3, 0.4) is 0 Å². The Balaban J connectivity index is 3.20. The highest BCUT2D eigenvalue weighted by Gasteiger charge is 1.91. The van der Waals surface area contributed by atoms with Gasteiger partial charge < -0.3 is 0 Å². The molecule has 0 spiro atoms. The van der Waals surface area contributed by atoms with Crippen LogP contribution in [0.1, 0.15) is 12.6 Å². The maximum absolute atomic E-state index is 4.29. The smallest absolute Gasteiger partial charge is 0.148 e. The summed E-state index contributed by atoms with van der Waals surface area (Å²) in [6, 6.07) is 3.91. The van der Waals surface area contributed by atoms with Crippen molar-refractivity contribution in [3.8, 4) is 0 Å². The van der Waals surface area contributed by atoms with Gasteiger partial charge in [0.05, 0.1) is 5.69 Å². The molecule has 3 heteroatoms. The van der Waals surface area contributed by atoms with Crippen molar-refractivity contribution >= 4 is 0 Å². The van der Waals surface area contributed by atoms with Gasteiger partial charge in [-0.25, -0.2) is 4.99 Å². The van der Waals surface area contributed by atoms with Crippen LogP contribution in [0.5, 0.6) is 0 Å². The Hall–Kier alpha value is -1.38. The van der Waals surface area contributed by atoms with Crippen molar-refractivity contribution in [1.82, 2.24) is 9.78 Å². The van der Waals surface area contributed by atoms with Crippen LogP contribution in [0.25, 0.3) is 0 Å². The molecule has 0 fully saturated rings. The maximum Gasteiger partial charge on any atom is 0.148 e. The van der Waals surface area contributed by atoms with Crippen molar-refractivity contribution < 1.29 is 0 Å². The van der Waals surface area contributed by atoms with Crippen LogP contribution in [-0.4, -0.2) is 9.78 Å². The topological polar surface area (TPSA) is 30.2 Å². The van der Waals surface area contributed by atoms with E-state index in [1.807, 2.05) is 19.2 Å². The lowest BCUT2D eigenvalue weighted by molar-refractivity contribution is 0.668. The average molecular weight is 163 g/mol. The lowest BCUT2D eigenvalue weighted by Crippen LogP contribution is -2.20. The summed E-state index contributed by atoms with van der Waals surface area (Å²) in [5.41, 5.74) is 1.89. The average Bonchev–Trinajstić information content (AvgIpc) is 2.09. The van der Waals surface area contributed by atoms with E-state index in [9.17, 15) is 0 Å². The van der Waals surface area contributed by atoms with Crippen LogP contribution in [0, 0.1) is 0 Å². The van der Waals surface area contributed by atoms with Gasteiger partial charge in [-0.05, 0) is 18.6 Å². The molecule has 1 aromatic rings. The zero-order valence-electron chi connectivity index (χ0n) is 7.49. The van der Waals surface area contributed by atoms with Gasteiger partial charge in [-0.3, -0.25) is 4.68 Å². The third-order valence-corrected chi connectivity index (χ3v) is 1.62. The van der Waals surface area contributed by atoms with Gasteiger partial charge in [0, 0.05) is 13.2 Å². The predicted molar refractivity (Wildman–Crippen MR) is 48.3 cm³/mol. The molecular weight excluding hydrogens is 150 g/mol. The van der Waals surface area contributed by atoms with Crippen molar-refractivity contribution in [1.29, 1.82) is 0 Å². The molecule has 1 heterocycles. The third kappa shape index (κ3) is 1.81. The molecule has 0 aliphatic rings. The summed E-state index contributed by atoms with van der Waals surface area (Å²) in [5.74, 6) is 0. The molecule has 1 aromatic heterocycles. The lowest BCUT2D eigenvalue weighted by Gasteiger charge is -2.00. The van der Waals surface area contributed by atoms with E-state index in [1.165, 1.54) is 6.20 Å². The Labute approximate surface area is 72.1 Å². The normalized spacial score (nSPS) is 11.7. The lowest BCUT2D eigenvalue weighted by atomic mass is 10.3. The highest BCUT2D eigenvalue weighted by Crippen LogP contribution is 1.89. The molecule has 0 unspecified atom stereocenters. The second kappa shape index (κ2) is 3.85. The van der Waals surface area contributed by atoms with E-state index in [1.54, 1.807) is 4.68 Å². The Morgan fingerprint density at radius 2 is 2.42 bits per heavy atom. The van der Waals surface area contributed by atoms with Crippen LogP contribution in [0.2, 0.25) is 0 Å². The number of hydrogen-bond donors (Lipinski definition) is 0. The Morgan fingerprint density at radius 1 is 1.67 bits per heavy atom. The number of hydrogen-bond acceptors (Lipinski definition) is 2. The number of aromatic nitrogens is 2. The van der Waals surface area contributed by atoms with Gasteiger partial charge in [-0.2, -0.15) is 5.10 Å². The first kappa shape index (κ1) is 8.71. The van der Waals surface area contributed by atoms with E-state index in [4.69, 9.17) is 0 Å². The van der Waals surface area contributed by atoms with Crippen molar-refractivity contribution in [2.24, 2.45) is 12.0 Å². The minimum atomic E-state index is 0.821. The Bertz CT molecular complexity index is 336. The number of nitrogens with zero attached hydrogens (tertiary/aromatic N) is 3. The largest absolute Gasteiger partial charge is 0.251 e. The Morgan fingerprint density at radius 3 is 2.92 bits per heavy atom. The summed E-state index contributed by atoms with van der Waals surface area (Å²) in [5, 5.41) is 4.29. The van der Waals surface area contributed by atoms with Gasteiger partial charge in [0.25, 0.3) is 0 Å². The summed E-state index contributed by atoms with van der Waals surface area (Å²) in [6.07, 6.45) is 2.46. The molecule has 0 radical (unpaired) electrons. The molecule has 0 aromatic carbocycles. The number of aryl methyl sites for hydroxylation is 2. The van der Waals surface area contributed by atoms with Crippen LogP contribution in [-0.2, 0) is 13.5 Å². The van der Waals surface area contributed by atoms with Gasteiger partial charge in [0.2, 0.25) is 0 Å². The molecule has 0 aliphatic heterocycles. The molecule has 0 aliphatic carbocycles. The SMILES string of the molecule is C=CN=c1ccc(CC)nn1C. The van der Waals surface area contributed by atoms with Crippen LogP contribution in [0.4, 0.5) is 0 Å². The summed E-state index contributed by atoms with van der Waals surface area (Å²) < 4.78 is 1.75. The van der Waals surface area contributed by atoms with Gasteiger partial charge in [-0.1, -0.05) is 13.5 Å². The van der Waals surface area contributed by atoms with Crippen molar-refractivity contribution in [2.75, 3.05) is 0 Å². The zero-order valence-corrected chi connectivity index (χ0v) is 7.49. The summed E-state index contributed by atoms with van der Waals surface area (Å²) in [6.45, 7) is 5.61. The van der Waals surface area contributed by atoms with Crippen LogP contribution >= 0.6 is 0 Å². The van der Waals surface area contributed by atoms with Gasteiger partial charge in [0.1, 0.15) is 5.49 Å². The van der Waals surface area contributed by atoms with E-state index in [-0.39, 0.29) is 0 Å². The van der Waals surface area contributed by atoms with Crippen molar-refractivity contribution in [3.63, 3.8) is 0 Å². The molecule has 0 saturated carbocycles. The van der Waals surface area contributed by atoms with E-state index in [0.717, 1.165) is 17.6 Å². The fourth-order valence-electron chi connectivity index (χ4n) is 0.965. The maximum atomic E-state index is 4.29. The highest BCUT2D eigenvalue weighted by molar-refractivity contribution is 4.99. The van der Waals surface area contributed by atoms with E-state index >= 15 is 0 Å². The minimum Gasteiger partial charge on any atom is -0.251 e. The van der Waals surface area contributed by atoms with Gasteiger partial charge in [-0.15, -0.1) is 0 Å². The summed E-state index contributed by atoms with van der Waals surface area (Å²) in [4.78, 5) is 4.05. The van der Waals surface area contributed by atoms with Crippen molar-refractivity contribution in [3.05, 3.63) is 36.1 Å². The molecule has 64 valence electrons. The molecule has 0 atom stereocenters. The summed E-state index contributed by atoms with van der Waals surface area (Å²) in [7, 11) is 1.88. The number of rotatable bonds is 2. The molecule has 12 heavy (non-hydrogen) atoms. The fourth-order valence-corrected chi connectivity index (χ4v) is 0.965. The van der Waals surface area contributed by atoms with Crippen LogP contribution < -0.4 is 5.49 Å². The second-order valence-corrected chi connectivity index (χ2v) is 2.47. The first-order valence-corrected chi connectivity index (χ1v) is 3.96. The summed E-state index contributed by atoms with van der Waals surface area (Å²) >= 11 is 0. The van der Waals surface area contributed by atoms with Gasteiger partial charge in [0.15, 0.2) is 0 Å². The van der Waals surface area contributed by atoms with E-state index in [0.29, 0.717) is 0 Å². The zero-order chi connectivity index (χ0) is 8.97. The predicted octanol–water partition coefficient (Wildman–Crippen LogP) is 1.03. The molecular formula is C9H13N3. The van der Waals surface area contributed by atoms with Crippen molar-refractivity contribution in [2.45, 2.75) is 13.3 Å². The molecule has 0 saturated heterocycles. The highest BCUT2D eigenvalue weighted by atomic mass is 15.3. The standard InChI is InChI=1S/C9H13N3/c1-4-8-6-7-9(10-5-2)12(3)11-8/h5-7H,2,4H2,1,3H3. The second-order valence-electron chi connectivity index (χ2n) is 2.47. The fraction of sp³-hybridized carbons (Fsp3) is 0.333. The minimum absolute atomic E-state index is 0.821.